The van der Waals surface area contributed by atoms with Crippen LogP contribution in [0.2, 0.25) is 0 Å². The summed E-state index contributed by atoms with van der Waals surface area (Å²) in [5.41, 5.74) is 6.75. The van der Waals surface area contributed by atoms with Crippen LogP contribution in [0.1, 0.15) is 141 Å². The van der Waals surface area contributed by atoms with Gasteiger partial charge >= 0.3 is 0 Å². The van der Waals surface area contributed by atoms with E-state index in [1.54, 1.807) is 5.57 Å². The number of Topliss-reactive ketones (excluding diaryl/α,β-unsaturated/α-hetero) is 1. The molecule has 1 heteroatoms. The van der Waals surface area contributed by atoms with Gasteiger partial charge in [0.25, 0.3) is 0 Å². The minimum atomic E-state index is 0.272. The van der Waals surface area contributed by atoms with Gasteiger partial charge in [-0.25, -0.2) is 0 Å². The van der Waals surface area contributed by atoms with Gasteiger partial charge in [0.15, 0.2) is 5.78 Å². The Morgan fingerprint density at radius 3 is 2.03 bits per heavy atom. The second kappa shape index (κ2) is 13.6. The molecule has 0 bridgehead atoms. The highest BCUT2D eigenvalue weighted by atomic mass is 16.1. The minimum absolute atomic E-state index is 0.272. The number of carbonyl (C=O) groups is 1. The van der Waals surface area contributed by atoms with Crippen LogP contribution in [0.15, 0.2) is 34.4 Å². The minimum Gasteiger partial charge on any atom is -0.295 e. The normalized spacial score (nSPS) is 20.9. The summed E-state index contributed by atoms with van der Waals surface area (Å²) in [6.07, 6.45) is 15.0. The van der Waals surface area contributed by atoms with Gasteiger partial charge in [-0.3, -0.25) is 4.79 Å². The largest absolute Gasteiger partial charge is 0.295 e. The fourth-order valence-corrected chi connectivity index (χ4v) is 4.64. The average molecular weight is 445 g/mol. The Hall–Kier alpha value is -1.11. The summed E-state index contributed by atoms with van der Waals surface area (Å²) < 4.78 is 0. The first-order valence-electron chi connectivity index (χ1n) is 13.6. The third-order valence-electron chi connectivity index (χ3n) is 7.69. The van der Waals surface area contributed by atoms with Crippen molar-refractivity contribution in [3.8, 4) is 0 Å². The summed E-state index contributed by atoms with van der Waals surface area (Å²) in [5.74, 6) is 0.411. The molecule has 1 unspecified atom stereocenters. The van der Waals surface area contributed by atoms with Crippen LogP contribution in [0.25, 0.3) is 0 Å². The van der Waals surface area contributed by atoms with Crippen molar-refractivity contribution in [2.45, 2.75) is 141 Å². The fourth-order valence-electron chi connectivity index (χ4n) is 4.64. The first-order valence-corrected chi connectivity index (χ1v) is 13.6. The molecule has 0 aromatic rings. The molecule has 3 aliphatic rings. The number of hydrogen-bond donors (Lipinski definition) is 0. The van der Waals surface area contributed by atoms with Crippen LogP contribution in [0.5, 0.6) is 0 Å². The first kappa shape index (κ1) is 30.9. The summed E-state index contributed by atoms with van der Waals surface area (Å²) in [6, 6.07) is 0. The maximum Gasteiger partial charge on any atom is 0.159 e. The number of allylic oxidation sites excluding steroid dienone is 6. The van der Waals surface area contributed by atoms with Crippen LogP contribution in [-0.2, 0) is 4.79 Å². The zero-order chi connectivity index (χ0) is 25.2. The summed E-state index contributed by atoms with van der Waals surface area (Å²) in [6.45, 7) is 26.4. The zero-order valence-corrected chi connectivity index (χ0v) is 23.9. The highest BCUT2D eigenvalue weighted by Crippen LogP contribution is 2.64. The van der Waals surface area contributed by atoms with Crippen molar-refractivity contribution >= 4 is 5.78 Å². The van der Waals surface area contributed by atoms with Crippen molar-refractivity contribution in [2.24, 2.45) is 16.2 Å². The third-order valence-corrected chi connectivity index (χ3v) is 7.69. The molecule has 0 amide bonds. The molecule has 186 valence electrons. The molecule has 0 N–H and O–H groups in total. The summed E-state index contributed by atoms with van der Waals surface area (Å²) in [5, 5.41) is 0. The van der Waals surface area contributed by atoms with Crippen molar-refractivity contribution in [3.63, 3.8) is 0 Å². The lowest BCUT2D eigenvalue weighted by atomic mass is 9.64. The van der Waals surface area contributed by atoms with Gasteiger partial charge < -0.3 is 0 Å². The molecule has 1 nitrogen and oxygen atoms in total. The van der Waals surface area contributed by atoms with E-state index >= 15 is 0 Å². The Kier molecular flexibility index (Phi) is 13.1. The maximum absolute atomic E-state index is 12.0. The molecule has 1 atom stereocenters. The maximum atomic E-state index is 12.0. The second-order valence-electron chi connectivity index (χ2n) is 10.9. The van der Waals surface area contributed by atoms with Gasteiger partial charge in [-0.1, -0.05) is 111 Å². The Bertz CT molecular complexity index is 676. The quantitative estimate of drug-likeness (QED) is 0.385. The molecule has 32 heavy (non-hydrogen) atoms. The van der Waals surface area contributed by atoms with E-state index in [0.29, 0.717) is 11.2 Å². The monoisotopic (exact) mass is 444 g/mol. The topological polar surface area (TPSA) is 17.1 Å². The van der Waals surface area contributed by atoms with Gasteiger partial charge in [0.1, 0.15) is 0 Å². The summed E-state index contributed by atoms with van der Waals surface area (Å²) in [4.78, 5) is 12.0. The van der Waals surface area contributed by atoms with Gasteiger partial charge in [0.2, 0.25) is 0 Å². The Labute approximate surface area is 202 Å². The third kappa shape index (κ3) is 7.74. The molecular weight excluding hydrogens is 388 g/mol. The van der Waals surface area contributed by atoms with E-state index in [1.165, 1.54) is 36.8 Å². The van der Waals surface area contributed by atoms with Gasteiger partial charge in [0, 0.05) is 6.42 Å². The van der Waals surface area contributed by atoms with Gasteiger partial charge in [-0.15, -0.1) is 0 Å². The molecule has 3 aliphatic carbocycles. The second-order valence-corrected chi connectivity index (χ2v) is 10.9. The molecule has 3 rings (SSSR count). The van der Waals surface area contributed by atoms with Crippen molar-refractivity contribution in [3.05, 3.63) is 34.4 Å². The molecule has 0 aromatic carbocycles. The van der Waals surface area contributed by atoms with E-state index in [4.69, 9.17) is 0 Å². The number of carbonyl (C=O) groups excluding carboxylic acids is 1. The molecule has 0 heterocycles. The molecule has 1 fully saturated rings. The number of rotatable bonds is 5. The molecular formula is C31H56O. The molecule has 0 saturated heterocycles. The number of hydrogen-bond acceptors (Lipinski definition) is 1. The van der Waals surface area contributed by atoms with E-state index < -0.39 is 0 Å². The molecule has 0 aromatic heterocycles. The lowest BCUT2D eigenvalue weighted by molar-refractivity contribution is -0.115. The van der Waals surface area contributed by atoms with Crippen LogP contribution in [0.4, 0.5) is 0 Å². The van der Waals surface area contributed by atoms with Crippen LogP contribution < -0.4 is 0 Å². The van der Waals surface area contributed by atoms with Gasteiger partial charge in [-0.2, -0.15) is 0 Å². The fraction of sp³-hybridized carbons (Fsp3) is 0.774. The van der Waals surface area contributed by atoms with Gasteiger partial charge in [0.05, 0.1) is 0 Å². The van der Waals surface area contributed by atoms with E-state index in [-0.39, 0.29) is 10.8 Å². The van der Waals surface area contributed by atoms with Crippen molar-refractivity contribution in [2.75, 3.05) is 0 Å². The lowest BCUT2D eigenvalue weighted by Gasteiger charge is -2.41. The smallest absolute Gasteiger partial charge is 0.159 e. The average Bonchev–Trinajstić information content (AvgIpc) is 3.43. The van der Waals surface area contributed by atoms with Crippen LogP contribution in [0.3, 0.4) is 0 Å². The Morgan fingerprint density at radius 2 is 1.56 bits per heavy atom. The molecule has 0 aliphatic heterocycles. The highest BCUT2D eigenvalue weighted by molar-refractivity contribution is 5.99. The van der Waals surface area contributed by atoms with E-state index in [2.05, 4.69) is 67.5 Å². The van der Waals surface area contributed by atoms with Crippen molar-refractivity contribution in [1.29, 1.82) is 0 Å². The highest BCUT2D eigenvalue weighted by Gasteiger charge is 2.54. The van der Waals surface area contributed by atoms with Crippen LogP contribution >= 0.6 is 0 Å². The number of ketones is 1. The predicted octanol–water partition coefficient (Wildman–Crippen LogP) is 10.4. The Morgan fingerprint density at radius 1 is 1.03 bits per heavy atom. The first-order chi connectivity index (χ1) is 15.0. The molecule has 1 saturated carbocycles. The van der Waals surface area contributed by atoms with E-state index in [1.807, 2.05) is 27.7 Å². The Balaban J connectivity index is 0.00000124. The zero-order valence-electron chi connectivity index (χ0n) is 23.9. The van der Waals surface area contributed by atoms with Crippen LogP contribution in [0, 0.1) is 16.2 Å². The predicted molar refractivity (Wildman–Crippen MR) is 145 cm³/mol. The molecule has 0 spiro atoms. The summed E-state index contributed by atoms with van der Waals surface area (Å²) in [7, 11) is 0. The SMILES string of the molecule is C/C(=C\CCC(C)(C1=CCC2=C(CCC2=O)C1)C1(C)CC1)C(C)(C)C.CC.CC.CCC. The standard InChI is InChI=1S/C24H36O.C3H8.2C2H6/c1-17(22(2,3)4)8-7-13-24(6,23(5)14-15-23)19-10-11-20-18(16-19)9-12-21(20)25;1-3-2;2*1-2/h8,10H,7,9,11-16H2,1-6H3;3H2,1-2H3;2*1-2H3/b17-8+;;;. The van der Waals surface area contributed by atoms with Crippen LogP contribution in [-0.4, -0.2) is 5.78 Å². The summed E-state index contributed by atoms with van der Waals surface area (Å²) >= 11 is 0. The van der Waals surface area contributed by atoms with E-state index in [9.17, 15) is 4.79 Å². The molecule has 0 radical (unpaired) electrons. The lowest BCUT2D eigenvalue weighted by Crippen LogP contribution is -2.30. The van der Waals surface area contributed by atoms with E-state index in [0.717, 1.165) is 37.7 Å². The van der Waals surface area contributed by atoms with Gasteiger partial charge in [-0.05, 0) is 73.7 Å². The van der Waals surface area contributed by atoms with Crippen molar-refractivity contribution < 1.29 is 4.79 Å². The van der Waals surface area contributed by atoms with Crippen molar-refractivity contribution in [1.82, 2.24) is 0 Å².